The molecule has 0 spiro atoms. The number of aromatic nitrogens is 2. The Hall–Kier alpha value is -1.00. The number of hydrogen-bond donors (Lipinski definition) is 1. The first-order valence-electron chi connectivity index (χ1n) is 7.83. The van der Waals surface area contributed by atoms with Gasteiger partial charge in [0.25, 0.3) is 0 Å². The molecule has 1 N–H and O–H groups in total. The Bertz CT molecular complexity index is 378. The van der Waals surface area contributed by atoms with Crippen molar-refractivity contribution in [2.24, 2.45) is 0 Å². The maximum Gasteiger partial charge on any atom is 0.157 e. The average Bonchev–Trinajstić information content (AvgIpc) is 2.49. The van der Waals surface area contributed by atoms with Gasteiger partial charge in [0.05, 0.1) is 0 Å². The van der Waals surface area contributed by atoms with Crippen LogP contribution in [0.15, 0.2) is 0 Å². The smallest absolute Gasteiger partial charge is 0.157 e. The van der Waals surface area contributed by atoms with E-state index < -0.39 is 0 Å². The Morgan fingerprint density at radius 3 is 2.05 bits per heavy atom. The molecule has 1 heterocycles. The summed E-state index contributed by atoms with van der Waals surface area (Å²) in [7, 11) is 1.73. The lowest BCUT2D eigenvalue weighted by molar-refractivity contribution is 0.0921. The summed E-state index contributed by atoms with van der Waals surface area (Å²) in [5.41, 5.74) is 3.69. The highest BCUT2D eigenvalue weighted by molar-refractivity contribution is 5.27. The van der Waals surface area contributed by atoms with Crippen molar-refractivity contribution in [3.8, 4) is 0 Å². The van der Waals surface area contributed by atoms with Gasteiger partial charge in [-0.1, -0.05) is 27.7 Å². The van der Waals surface area contributed by atoms with Crippen LogP contribution in [0.3, 0.4) is 0 Å². The maximum atomic E-state index is 5.49. The van der Waals surface area contributed by atoms with E-state index in [1.165, 1.54) is 17.0 Å². The highest BCUT2D eigenvalue weighted by Crippen LogP contribution is 2.21. The molecule has 0 aliphatic heterocycles. The largest absolute Gasteiger partial charge is 0.373 e. The number of rotatable bonds is 9. The van der Waals surface area contributed by atoms with Gasteiger partial charge in [0.1, 0.15) is 6.10 Å². The second-order valence-electron chi connectivity index (χ2n) is 4.90. The van der Waals surface area contributed by atoms with Crippen molar-refractivity contribution in [1.82, 2.24) is 15.3 Å². The summed E-state index contributed by atoms with van der Waals surface area (Å²) >= 11 is 0. The van der Waals surface area contributed by atoms with Gasteiger partial charge in [-0.3, -0.25) is 0 Å². The maximum absolute atomic E-state index is 5.49. The first kappa shape index (κ1) is 17.1. The molecule has 1 aromatic heterocycles. The zero-order chi connectivity index (χ0) is 15.0. The molecule has 0 radical (unpaired) electrons. The number of hydrogen-bond acceptors (Lipinski definition) is 4. The summed E-state index contributed by atoms with van der Waals surface area (Å²) in [5, 5.41) is 3.38. The van der Waals surface area contributed by atoms with Crippen molar-refractivity contribution >= 4 is 0 Å². The predicted octanol–water partition coefficient (Wildman–Crippen LogP) is 2.85. The minimum atomic E-state index is 0.00779. The standard InChI is InChI=1S/C16H29N3O/c1-6-13-12(10-11-17-9-4)14(7-2)19-16(18-13)15(8-3)20-5/h15,17H,6-11H2,1-5H3. The third-order valence-corrected chi connectivity index (χ3v) is 3.61. The Morgan fingerprint density at radius 1 is 1.05 bits per heavy atom. The minimum absolute atomic E-state index is 0.00779. The normalized spacial score (nSPS) is 12.7. The van der Waals surface area contributed by atoms with Gasteiger partial charge in [0.2, 0.25) is 0 Å². The van der Waals surface area contributed by atoms with Crippen LogP contribution >= 0.6 is 0 Å². The number of nitrogens with zero attached hydrogens (tertiary/aromatic N) is 2. The number of ether oxygens (including phenoxy) is 1. The summed E-state index contributed by atoms with van der Waals surface area (Å²) in [6.45, 7) is 10.6. The molecule has 0 aliphatic carbocycles. The van der Waals surface area contributed by atoms with E-state index in [0.717, 1.165) is 44.6 Å². The van der Waals surface area contributed by atoms with E-state index in [1.807, 2.05) is 0 Å². The molecule has 0 fully saturated rings. The fraction of sp³-hybridized carbons (Fsp3) is 0.750. The van der Waals surface area contributed by atoms with Crippen molar-refractivity contribution in [2.75, 3.05) is 20.2 Å². The van der Waals surface area contributed by atoms with Crippen LogP contribution in [0.25, 0.3) is 0 Å². The van der Waals surface area contributed by atoms with Crippen LogP contribution in [0.2, 0.25) is 0 Å². The molecule has 0 saturated heterocycles. The summed E-state index contributed by atoms with van der Waals surface area (Å²) in [4.78, 5) is 9.51. The van der Waals surface area contributed by atoms with Gasteiger partial charge in [-0.2, -0.15) is 0 Å². The second-order valence-corrected chi connectivity index (χ2v) is 4.90. The van der Waals surface area contributed by atoms with E-state index in [1.54, 1.807) is 7.11 Å². The molecule has 20 heavy (non-hydrogen) atoms. The fourth-order valence-corrected chi connectivity index (χ4v) is 2.47. The first-order chi connectivity index (χ1) is 9.71. The van der Waals surface area contributed by atoms with Crippen molar-refractivity contribution < 1.29 is 4.74 Å². The van der Waals surface area contributed by atoms with Crippen LogP contribution in [0.1, 0.15) is 63.0 Å². The highest BCUT2D eigenvalue weighted by Gasteiger charge is 2.17. The van der Waals surface area contributed by atoms with Crippen LogP contribution in [0.5, 0.6) is 0 Å². The Kier molecular flexibility index (Phi) is 7.70. The third kappa shape index (κ3) is 4.25. The molecule has 0 aliphatic rings. The van der Waals surface area contributed by atoms with Gasteiger partial charge in [0, 0.05) is 18.5 Å². The molecular weight excluding hydrogens is 250 g/mol. The minimum Gasteiger partial charge on any atom is -0.373 e. The molecule has 0 saturated carbocycles. The van der Waals surface area contributed by atoms with Gasteiger partial charge in [0.15, 0.2) is 5.82 Å². The zero-order valence-electron chi connectivity index (χ0n) is 13.6. The summed E-state index contributed by atoms with van der Waals surface area (Å²) in [5.74, 6) is 0.843. The molecule has 1 atom stereocenters. The quantitative estimate of drug-likeness (QED) is 0.706. The van der Waals surface area contributed by atoms with Crippen LogP contribution in [0.4, 0.5) is 0 Å². The van der Waals surface area contributed by atoms with E-state index >= 15 is 0 Å². The molecular formula is C16H29N3O. The highest BCUT2D eigenvalue weighted by atomic mass is 16.5. The number of nitrogens with one attached hydrogen (secondary N) is 1. The fourth-order valence-electron chi connectivity index (χ4n) is 2.47. The summed E-state index contributed by atoms with van der Waals surface area (Å²) in [6.07, 6.45) is 3.81. The Labute approximate surface area is 123 Å². The molecule has 114 valence electrons. The average molecular weight is 279 g/mol. The van der Waals surface area contributed by atoms with Crippen molar-refractivity contribution in [2.45, 2.75) is 59.5 Å². The SMILES string of the molecule is CCNCCc1c(CC)nc(C(CC)OC)nc1CC. The molecule has 4 nitrogen and oxygen atoms in total. The van der Waals surface area contributed by atoms with E-state index in [4.69, 9.17) is 14.7 Å². The topological polar surface area (TPSA) is 47.0 Å². The molecule has 1 aromatic rings. The molecule has 1 unspecified atom stereocenters. The van der Waals surface area contributed by atoms with Gasteiger partial charge in [-0.05, 0) is 44.3 Å². The lowest BCUT2D eigenvalue weighted by atomic mass is 10.0. The lowest BCUT2D eigenvalue weighted by Gasteiger charge is -2.18. The molecule has 0 aromatic carbocycles. The van der Waals surface area contributed by atoms with E-state index in [2.05, 4.69) is 33.0 Å². The van der Waals surface area contributed by atoms with Gasteiger partial charge in [-0.15, -0.1) is 0 Å². The van der Waals surface area contributed by atoms with Crippen LogP contribution < -0.4 is 5.32 Å². The van der Waals surface area contributed by atoms with E-state index in [-0.39, 0.29) is 6.10 Å². The second kappa shape index (κ2) is 9.03. The predicted molar refractivity (Wildman–Crippen MR) is 83.1 cm³/mol. The lowest BCUT2D eigenvalue weighted by Crippen LogP contribution is -2.20. The third-order valence-electron chi connectivity index (χ3n) is 3.61. The zero-order valence-corrected chi connectivity index (χ0v) is 13.6. The van der Waals surface area contributed by atoms with E-state index in [9.17, 15) is 0 Å². The summed E-state index contributed by atoms with van der Waals surface area (Å²) in [6, 6.07) is 0. The van der Waals surface area contributed by atoms with Gasteiger partial charge in [-0.25, -0.2) is 9.97 Å². The summed E-state index contributed by atoms with van der Waals surface area (Å²) < 4.78 is 5.49. The molecule has 1 rings (SSSR count). The monoisotopic (exact) mass is 279 g/mol. The van der Waals surface area contributed by atoms with Crippen molar-refractivity contribution in [3.63, 3.8) is 0 Å². The molecule has 0 bridgehead atoms. The van der Waals surface area contributed by atoms with Crippen molar-refractivity contribution in [3.05, 3.63) is 22.8 Å². The Balaban J connectivity index is 3.10. The van der Waals surface area contributed by atoms with Crippen LogP contribution in [0, 0.1) is 0 Å². The molecule has 0 amide bonds. The van der Waals surface area contributed by atoms with Crippen molar-refractivity contribution in [1.29, 1.82) is 0 Å². The van der Waals surface area contributed by atoms with Gasteiger partial charge >= 0.3 is 0 Å². The number of likely N-dealkylation sites (N-methyl/N-ethyl adjacent to an activating group) is 1. The van der Waals surface area contributed by atoms with Crippen LogP contribution in [-0.4, -0.2) is 30.2 Å². The Morgan fingerprint density at radius 2 is 1.65 bits per heavy atom. The molecule has 4 heteroatoms. The van der Waals surface area contributed by atoms with Crippen LogP contribution in [-0.2, 0) is 24.0 Å². The van der Waals surface area contributed by atoms with Gasteiger partial charge < -0.3 is 10.1 Å². The number of aryl methyl sites for hydroxylation is 2. The first-order valence-corrected chi connectivity index (χ1v) is 7.83. The number of methoxy groups -OCH3 is 1. The van der Waals surface area contributed by atoms with E-state index in [0.29, 0.717) is 0 Å².